The minimum Gasteiger partial charge on any atom is -0.397 e. The van der Waals surface area contributed by atoms with Crippen LogP contribution in [0.5, 0.6) is 0 Å². The number of nitrogens with two attached hydrogens (primary N) is 1. The number of fused-ring (bicyclic) bond motifs is 1. The minimum atomic E-state index is -0.207. The third-order valence-corrected chi connectivity index (χ3v) is 5.05. The van der Waals surface area contributed by atoms with Gasteiger partial charge in [0, 0.05) is 11.3 Å². The first-order valence-corrected chi connectivity index (χ1v) is 6.40. The molecule has 2 N–H and O–H groups in total. The molecule has 3 rings (SSSR count). The molecule has 1 fully saturated rings. The van der Waals surface area contributed by atoms with Gasteiger partial charge < -0.3 is 15.2 Å². The van der Waals surface area contributed by atoms with E-state index in [9.17, 15) is 0 Å². The number of thiophene rings is 1. The van der Waals surface area contributed by atoms with Crippen molar-refractivity contribution in [1.29, 1.82) is 0 Å². The van der Waals surface area contributed by atoms with Crippen molar-refractivity contribution in [2.45, 2.75) is 30.1 Å². The van der Waals surface area contributed by atoms with Gasteiger partial charge in [-0.05, 0) is 13.3 Å². The number of anilines is 1. The zero-order valence-corrected chi connectivity index (χ0v) is 9.41. The number of ether oxygens (including phenoxy) is 2. The van der Waals surface area contributed by atoms with Crippen LogP contribution in [0.25, 0.3) is 0 Å². The molecule has 0 atom stereocenters. The highest BCUT2D eigenvalue weighted by Gasteiger charge is 2.34. The van der Waals surface area contributed by atoms with Crippen LogP contribution < -0.4 is 5.73 Å². The van der Waals surface area contributed by atoms with Gasteiger partial charge in [-0.3, -0.25) is 0 Å². The summed E-state index contributed by atoms with van der Waals surface area (Å²) in [5.74, 6) is 1.16. The average Bonchev–Trinajstić information content (AvgIpc) is 2.64. The molecule has 0 aliphatic carbocycles. The van der Waals surface area contributed by atoms with Crippen LogP contribution in [0.1, 0.15) is 23.7 Å². The SMILES string of the molecule is CC1OC(c2sc3c(c2N)CCS3)O1. The average molecular weight is 229 g/mol. The van der Waals surface area contributed by atoms with Crippen LogP contribution in [-0.4, -0.2) is 12.0 Å². The Labute approximate surface area is 90.6 Å². The predicted molar refractivity (Wildman–Crippen MR) is 57.5 cm³/mol. The molecule has 0 amide bonds. The normalized spacial score (nSPS) is 30.1. The maximum atomic E-state index is 6.05. The quantitative estimate of drug-likeness (QED) is 0.803. The van der Waals surface area contributed by atoms with Crippen molar-refractivity contribution in [2.24, 2.45) is 0 Å². The lowest BCUT2D eigenvalue weighted by Crippen LogP contribution is -2.31. The maximum absolute atomic E-state index is 6.05. The monoisotopic (exact) mass is 229 g/mol. The Morgan fingerprint density at radius 2 is 2.21 bits per heavy atom. The molecule has 1 saturated heterocycles. The van der Waals surface area contributed by atoms with E-state index in [0.717, 1.165) is 22.7 Å². The first kappa shape index (κ1) is 9.03. The highest BCUT2D eigenvalue weighted by molar-refractivity contribution is 8.01. The van der Waals surface area contributed by atoms with E-state index in [0.29, 0.717) is 0 Å². The van der Waals surface area contributed by atoms with Crippen molar-refractivity contribution in [1.82, 2.24) is 0 Å². The Bertz CT molecular complexity index is 371. The van der Waals surface area contributed by atoms with E-state index in [2.05, 4.69) is 0 Å². The van der Waals surface area contributed by atoms with Crippen molar-refractivity contribution in [3.8, 4) is 0 Å². The summed E-state index contributed by atoms with van der Waals surface area (Å²) in [6.45, 7) is 1.89. The molecule has 0 aromatic carbocycles. The summed E-state index contributed by atoms with van der Waals surface area (Å²) in [6.07, 6.45) is 0.801. The number of nitrogen functional groups attached to an aromatic ring is 1. The molecule has 0 radical (unpaired) electrons. The van der Waals surface area contributed by atoms with Crippen LogP contribution in [-0.2, 0) is 15.9 Å². The van der Waals surface area contributed by atoms with Crippen molar-refractivity contribution in [2.75, 3.05) is 11.5 Å². The van der Waals surface area contributed by atoms with E-state index in [1.54, 1.807) is 11.3 Å². The Hall–Kier alpha value is -0.230. The zero-order valence-electron chi connectivity index (χ0n) is 7.78. The van der Waals surface area contributed by atoms with Gasteiger partial charge in [-0.15, -0.1) is 23.1 Å². The Morgan fingerprint density at radius 1 is 1.43 bits per heavy atom. The standard InChI is InChI=1S/C9H11NO2S2/c1-4-11-8(12-4)7-6(10)5-2-3-13-9(5)14-7/h4,8H,2-3,10H2,1H3. The third-order valence-electron chi connectivity index (χ3n) is 2.47. The molecule has 0 saturated carbocycles. The first-order valence-electron chi connectivity index (χ1n) is 4.60. The Balaban J connectivity index is 1.92. The smallest absolute Gasteiger partial charge is 0.200 e. The van der Waals surface area contributed by atoms with E-state index in [4.69, 9.17) is 15.2 Å². The summed E-state index contributed by atoms with van der Waals surface area (Å²) in [5, 5.41) is 0. The van der Waals surface area contributed by atoms with Crippen LogP contribution in [0.2, 0.25) is 0 Å². The van der Waals surface area contributed by atoms with E-state index < -0.39 is 0 Å². The summed E-state index contributed by atoms with van der Waals surface area (Å²) in [5.41, 5.74) is 8.25. The number of hydrogen-bond donors (Lipinski definition) is 1. The first-order chi connectivity index (χ1) is 6.75. The highest BCUT2D eigenvalue weighted by atomic mass is 32.2. The lowest BCUT2D eigenvalue weighted by atomic mass is 10.2. The number of hydrogen-bond acceptors (Lipinski definition) is 5. The fourth-order valence-electron chi connectivity index (χ4n) is 1.73. The van der Waals surface area contributed by atoms with Crippen molar-refractivity contribution in [3.05, 3.63) is 10.4 Å². The zero-order chi connectivity index (χ0) is 9.71. The van der Waals surface area contributed by atoms with Crippen molar-refractivity contribution in [3.63, 3.8) is 0 Å². The molecule has 1 aromatic heterocycles. The molecule has 0 unspecified atom stereocenters. The van der Waals surface area contributed by atoms with Crippen molar-refractivity contribution >= 4 is 28.8 Å². The summed E-state index contributed by atoms with van der Waals surface area (Å²) in [7, 11) is 0. The summed E-state index contributed by atoms with van der Waals surface area (Å²) >= 11 is 3.61. The summed E-state index contributed by atoms with van der Waals surface area (Å²) in [4.78, 5) is 1.06. The van der Waals surface area contributed by atoms with Gasteiger partial charge in [0.15, 0.2) is 6.29 Å². The van der Waals surface area contributed by atoms with Crippen molar-refractivity contribution < 1.29 is 9.47 Å². The van der Waals surface area contributed by atoms with Gasteiger partial charge in [0.25, 0.3) is 0 Å². The van der Waals surface area contributed by atoms with Gasteiger partial charge in [-0.2, -0.15) is 0 Å². The molecule has 3 nitrogen and oxygen atoms in total. The van der Waals surface area contributed by atoms with Crippen LogP contribution >= 0.6 is 23.1 Å². The fraction of sp³-hybridized carbons (Fsp3) is 0.556. The molecular weight excluding hydrogens is 218 g/mol. The van der Waals surface area contributed by atoms with E-state index >= 15 is 0 Å². The Morgan fingerprint density at radius 3 is 2.86 bits per heavy atom. The molecule has 2 aliphatic heterocycles. The lowest BCUT2D eigenvalue weighted by Gasteiger charge is -2.33. The second-order valence-corrected chi connectivity index (χ2v) is 5.83. The van der Waals surface area contributed by atoms with Crippen LogP contribution in [0.3, 0.4) is 0 Å². The summed E-state index contributed by atoms with van der Waals surface area (Å²) in [6, 6.07) is 0. The molecule has 0 bridgehead atoms. The van der Waals surface area contributed by atoms with Gasteiger partial charge in [0.1, 0.15) is 0 Å². The highest BCUT2D eigenvalue weighted by Crippen LogP contribution is 2.48. The summed E-state index contributed by atoms with van der Waals surface area (Å²) < 4.78 is 12.2. The van der Waals surface area contributed by atoms with E-state index in [1.807, 2.05) is 18.7 Å². The van der Waals surface area contributed by atoms with E-state index in [1.165, 1.54) is 9.77 Å². The van der Waals surface area contributed by atoms with Gasteiger partial charge in [-0.25, -0.2) is 0 Å². The molecule has 14 heavy (non-hydrogen) atoms. The second kappa shape index (κ2) is 3.13. The maximum Gasteiger partial charge on any atom is 0.200 e. The Kier molecular flexibility index (Phi) is 2.02. The number of rotatable bonds is 1. The molecule has 3 heterocycles. The largest absolute Gasteiger partial charge is 0.397 e. The lowest BCUT2D eigenvalue weighted by molar-refractivity contribution is -0.381. The molecule has 0 spiro atoms. The van der Waals surface area contributed by atoms with Crippen LogP contribution in [0.15, 0.2) is 4.21 Å². The fourth-order valence-corrected chi connectivity index (χ4v) is 4.34. The van der Waals surface area contributed by atoms with E-state index in [-0.39, 0.29) is 12.6 Å². The number of thioether (sulfide) groups is 1. The third kappa shape index (κ3) is 1.20. The minimum absolute atomic E-state index is 0.0796. The van der Waals surface area contributed by atoms with Crippen LogP contribution in [0, 0.1) is 0 Å². The van der Waals surface area contributed by atoms with Gasteiger partial charge in [0.05, 0.1) is 14.8 Å². The van der Waals surface area contributed by atoms with Crippen LogP contribution in [0.4, 0.5) is 5.69 Å². The van der Waals surface area contributed by atoms with Gasteiger partial charge >= 0.3 is 0 Å². The molecule has 76 valence electrons. The van der Waals surface area contributed by atoms with Gasteiger partial charge in [-0.1, -0.05) is 0 Å². The van der Waals surface area contributed by atoms with Gasteiger partial charge in [0.2, 0.25) is 6.29 Å². The topological polar surface area (TPSA) is 44.5 Å². The molecule has 1 aromatic rings. The molecule has 2 aliphatic rings. The predicted octanol–water partition coefficient (Wildman–Crippen LogP) is 2.37. The molecular formula is C9H11NO2S2. The second-order valence-electron chi connectivity index (χ2n) is 3.42. The molecule has 5 heteroatoms.